The van der Waals surface area contributed by atoms with Gasteiger partial charge < -0.3 is 4.74 Å². The number of pyridine rings is 1. The first-order valence-electron chi connectivity index (χ1n) is 5.23. The predicted molar refractivity (Wildman–Crippen MR) is 76.0 cm³/mol. The van der Waals surface area contributed by atoms with E-state index in [4.69, 9.17) is 39.5 Å². The standard InChI is InChI=1S/C13H8Cl3NO2/c1-19-13(18)8-5-7(14)6-17-12(8)11-9(15)3-2-4-10(11)16/h2-6H,1H3. The first-order chi connectivity index (χ1) is 9.04. The summed E-state index contributed by atoms with van der Waals surface area (Å²) >= 11 is 18.1. The Bertz CT molecular complexity index is 624. The number of benzene rings is 1. The van der Waals surface area contributed by atoms with Crippen LogP contribution in [0.25, 0.3) is 11.3 Å². The Hall–Kier alpha value is -1.29. The number of ether oxygens (including phenoxy) is 1. The minimum Gasteiger partial charge on any atom is -0.465 e. The van der Waals surface area contributed by atoms with Crippen molar-refractivity contribution in [3.63, 3.8) is 0 Å². The Morgan fingerprint density at radius 3 is 2.42 bits per heavy atom. The number of hydrogen-bond donors (Lipinski definition) is 0. The van der Waals surface area contributed by atoms with Gasteiger partial charge in [0, 0.05) is 11.8 Å². The normalized spacial score (nSPS) is 10.3. The molecule has 6 heteroatoms. The van der Waals surface area contributed by atoms with Crippen LogP contribution in [0, 0.1) is 0 Å². The van der Waals surface area contributed by atoms with Gasteiger partial charge >= 0.3 is 5.97 Å². The highest BCUT2D eigenvalue weighted by Gasteiger charge is 2.19. The van der Waals surface area contributed by atoms with Crippen LogP contribution in [0.4, 0.5) is 0 Å². The van der Waals surface area contributed by atoms with Gasteiger partial charge in [-0.25, -0.2) is 4.79 Å². The third-order valence-corrected chi connectivity index (χ3v) is 3.30. The molecular weight excluding hydrogens is 309 g/mol. The summed E-state index contributed by atoms with van der Waals surface area (Å²) in [6, 6.07) is 6.51. The molecule has 0 N–H and O–H groups in total. The Morgan fingerprint density at radius 2 is 1.84 bits per heavy atom. The molecule has 2 aromatic rings. The molecule has 0 fully saturated rings. The summed E-state index contributed by atoms with van der Waals surface area (Å²) in [5.74, 6) is -0.555. The maximum atomic E-state index is 11.8. The molecule has 0 unspecified atom stereocenters. The van der Waals surface area contributed by atoms with Crippen LogP contribution in [0.5, 0.6) is 0 Å². The predicted octanol–water partition coefficient (Wildman–Crippen LogP) is 4.50. The fourth-order valence-electron chi connectivity index (χ4n) is 1.63. The van der Waals surface area contributed by atoms with Crippen LogP contribution < -0.4 is 0 Å². The molecule has 0 saturated carbocycles. The van der Waals surface area contributed by atoms with Gasteiger partial charge in [0.2, 0.25) is 0 Å². The second-order valence-corrected chi connectivity index (χ2v) is 4.89. The van der Waals surface area contributed by atoms with Crippen LogP contribution in [0.3, 0.4) is 0 Å². The van der Waals surface area contributed by atoms with E-state index in [0.717, 1.165) is 0 Å². The Morgan fingerprint density at radius 1 is 1.21 bits per heavy atom. The molecule has 98 valence electrons. The van der Waals surface area contributed by atoms with Crippen LogP contribution in [0.15, 0.2) is 30.5 Å². The highest BCUT2D eigenvalue weighted by atomic mass is 35.5. The van der Waals surface area contributed by atoms with E-state index < -0.39 is 5.97 Å². The first kappa shape index (κ1) is 14.1. The lowest BCUT2D eigenvalue weighted by molar-refractivity contribution is 0.0601. The Balaban J connectivity index is 2.72. The molecule has 0 aliphatic heterocycles. The third-order valence-electron chi connectivity index (χ3n) is 2.46. The molecule has 19 heavy (non-hydrogen) atoms. The van der Waals surface area contributed by atoms with E-state index in [9.17, 15) is 4.79 Å². The number of halogens is 3. The van der Waals surface area contributed by atoms with E-state index >= 15 is 0 Å². The molecule has 0 atom stereocenters. The third kappa shape index (κ3) is 2.84. The second kappa shape index (κ2) is 5.78. The summed E-state index contributed by atoms with van der Waals surface area (Å²) < 4.78 is 4.71. The molecule has 0 spiro atoms. The quantitative estimate of drug-likeness (QED) is 0.766. The molecule has 0 radical (unpaired) electrons. The van der Waals surface area contributed by atoms with E-state index in [0.29, 0.717) is 26.3 Å². The molecule has 0 amide bonds. The van der Waals surface area contributed by atoms with Gasteiger partial charge in [0.05, 0.1) is 33.4 Å². The van der Waals surface area contributed by atoms with Crippen LogP contribution in [-0.2, 0) is 4.74 Å². The summed E-state index contributed by atoms with van der Waals surface area (Å²) in [7, 11) is 1.28. The Kier molecular flexibility index (Phi) is 4.30. The molecule has 0 aliphatic carbocycles. The zero-order chi connectivity index (χ0) is 14.0. The number of methoxy groups -OCH3 is 1. The Labute approximate surface area is 125 Å². The highest BCUT2D eigenvalue weighted by molar-refractivity contribution is 6.39. The van der Waals surface area contributed by atoms with Gasteiger partial charge in [-0.05, 0) is 18.2 Å². The van der Waals surface area contributed by atoms with Crippen molar-refractivity contribution in [2.75, 3.05) is 7.11 Å². The summed E-state index contributed by atoms with van der Waals surface area (Å²) in [5, 5.41) is 1.12. The summed E-state index contributed by atoms with van der Waals surface area (Å²) in [4.78, 5) is 15.9. The number of carbonyl (C=O) groups excluding carboxylic acids is 1. The minimum atomic E-state index is -0.555. The van der Waals surface area contributed by atoms with E-state index in [1.807, 2.05) is 0 Å². The lowest BCUT2D eigenvalue weighted by Gasteiger charge is -2.10. The van der Waals surface area contributed by atoms with Crippen LogP contribution in [-0.4, -0.2) is 18.1 Å². The number of carbonyl (C=O) groups is 1. The van der Waals surface area contributed by atoms with Gasteiger partial charge in [-0.15, -0.1) is 0 Å². The number of rotatable bonds is 2. The summed E-state index contributed by atoms with van der Waals surface area (Å²) in [5.41, 5.74) is 1.03. The van der Waals surface area contributed by atoms with Gasteiger partial charge in [0.15, 0.2) is 0 Å². The largest absolute Gasteiger partial charge is 0.465 e. The van der Waals surface area contributed by atoms with Crippen molar-refractivity contribution < 1.29 is 9.53 Å². The average molecular weight is 317 g/mol. The number of aromatic nitrogens is 1. The summed E-state index contributed by atoms with van der Waals surface area (Å²) in [6.07, 6.45) is 1.42. The second-order valence-electron chi connectivity index (χ2n) is 3.64. The lowest BCUT2D eigenvalue weighted by Crippen LogP contribution is -2.05. The molecule has 0 aliphatic rings. The fraction of sp³-hybridized carbons (Fsp3) is 0.0769. The smallest absolute Gasteiger partial charge is 0.340 e. The van der Waals surface area contributed by atoms with Gasteiger partial charge in [-0.2, -0.15) is 0 Å². The number of esters is 1. The molecule has 1 heterocycles. The van der Waals surface area contributed by atoms with Crippen molar-refractivity contribution in [3.8, 4) is 11.3 Å². The zero-order valence-corrected chi connectivity index (χ0v) is 12.1. The van der Waals surface area contributed by atoms with E-state index in [1.165, 1.54) is 19.4 Å². The van der Waals surface area contributed by atoms with E-state index in [1.54, 1.807) is 18.2 Å². The van der Waals surface area contributed by atoms with Crippen LogP contribution in [0.2, 0.25) is 15.1 Å². The van der Waals surface area contributed by atoms with Crippen LogP contribution in [0.1, 0.15) is 10.4 Å². The molecule has 0 saturated heterocycles. The monoisotopic (exact) mass is 315 g/mol. The maximum Gasteiger partial charge on any atom is 0.340 e. The van der Waals surface area contributed by atoms with Crippen LogP contribution >= 0.6 is 34.8 Å². The van der Waals surface area contributed by atoms with E-state index in [2.05, 4.69) is 4.98 Å². The average Bonchev–Trinajstić information content (AvgIpc) is 2.39. The van der Waals surface area contributed by atoms with Crippen molar-refractivity contribution in [2.24, 2.45) is 0 Å². The zero-order valence-electron chi connectivity index (χ0n) is 9.78. The molecule has 1 aromatic heterocycles. The first-order valence-corrected chi connectivity index (χ1v) is 6.36. The van der Waals surface area contributed by atoms with Gasteiger partial charge in [0.1, 0.15) is 0 Å². The van der Waals surface area contributed by atoms with Crippen molar-refractivity contribution >= 4 is 40.8 Å². The molecule has 2 rings (SSSR count). The highest BCUT2D eigenvalue weighted by Crippen LogP contribution is 2.36. The minimum absolute atomic E-state index is 0.213. The van der Waals surface area contributed by atoms with Crippen molar-refractivity contribution in [3.05, 3.63) is 51.1 Å². The van der Waals surface area contributed by atoms with E-state index in [-0.39, 0.29) is 5.56 Å². The van der Waals surface area contributed by atoms with Gasteiger partial charge in [-0.1, -0.05) is 40.9 Å². The SMILES string of the molecule is COC(=O)c1cc(Cl)cnc1-c1c(Cl)cccc1Cl. The number of nitrogens with zero attached hydrogens (tertiary/aromatic N) is 1. The molecule has 0 bridgehead atoms. The molecular formula is C13H8Cl3NO2. The summed E-state index contributed by atoms with van der Waals surface area (Å²) in [6.45, 7) is 0. The van der Waals surface area contributed by atoms with Gasteiger partial charge in [0.25, 0.3) is 0 Å². The lowest BCUT2D eigenvalue weighted by atomic mass is 10.1. The fourth-order valence-corrected chi connectivity index (χ4v) is 2.36. The number of hydrogen-bond acceptors (Lipinski definition) is 3. The molecule has 3 nitrogen and oxygen atoms in total. The van der Waals surface area contributed by atoms with Crippen molar-refractivity contribution in [2.45, 2.75) is 0 Å². The topological polar surface area (TPSA) is 39.2 Å². The van der Waals surface area contributed by atoms with Crippen molar-refractivity contribution in [1.82, 2.24) is 4.98 Å². The van der Waals surface area contributed by atoms with Gasteiger partial charge in [-0.3, -0.25) is 4.98 Å². The maximum absolute atomic E-state index is 11.8. The molecule has 1 aromatic carbocycles. The van der Waals surface area contributed by atoms with Crippen molar-refractivity contribution in [1.29, 1.82) is 0 Å².